The van der Waals surface area contributed by atoms with Crippen molar-refractivity contribution in [1.82, 2.24) is 31.6 Å². The molecular formula is C30H36N6O5. The Morgan fingerprint density at radius 1 is 0.683 bits per heavy atom. The summed E-state index contributed by atoms with van der Waals surface area (Å²) in [5.74, 6) is -2.43. The normalized spacial score (nSPS) is 22.8. The van der Waals surface area contributed by atoms with Gasteiger partial charge in [-0.1, -0.05) is 62.4 Å². The number of urea groups is 1. The van der Waals surface area contributed by atoms with Crippen LogP contribution >= 0.6 is 0 Å². The summed E-state index contributed by atoms with van der Waals surface area (Å²) < 4.78 is 0. The summed E-state index contributed by atoms with van der Waals surface area (Å²) in [5, 5.41) is 13.8. The monoisotopic (exact) mass is 560 g/mol. The number of benzene rings is 2. The minimum absolute atomic E-state index is 0.0440. The van der Waals surface area contributed by atoms with Gasteiger partial charge in [0.25, 0.3) is 0 Å². The molecule has 11 heteroatoms. The van der Waals surface area contributed by atoms with E-state index in [2.05, 4.69) is 31.6 Å². The Morgan fingerprint density at radius 3 is 2.00 bits per heavy atom. The van der Waals surface area contributed by atoms with Gasteiger partial charge in [-0.25, -0.2) is 4.79 Å². The molecule has 1 aromatic heterocycles. The number of amides is 6. The number of carbonyl (C=O) groups excluding carboxylic acids is 5. The summed E-state index contributed by atoms with van der Waals surface area (Å²) in [6, 6.07) is 11.7. The van der Waals surface area contributed by atoms with E-state index in [1.54, 1.807) is 6.20 Å². The van der Waals surface area contributed by atoms with Crippen LogP contribution in [0.2, 0.25) is 0 Å². The van der Waals surface area contributed by atoms with Gasteiger partial charge in [0, 0.05) is 29.9 Å². The van der Waals surface area contributed by atoms with E-state index in [4.69, 9.17) is 0 Å². The third kappa shape index (κ3) is 7.71. The fraction of sp³-hybridized carbons (Fsp3) is 0.367. The van der Waals surface area contributed by atoms with Crippen molar-refractivity contribution in [3.8, 4) is 0 Å². The number of carbonyl (C=O) groups is 5. The van der Waals surface area contributed by atoms with E-state index in [9.17, 15) is 24.0 Å². The van der Waals surface area contributed by atoms with Crippen LogP contribution in [0.15, 0.2) is 60.8 Å². The Hall–Kier alpha value is -4.67. The molecular weight excluding hydrogens is 524 g/mol. The number of aromatic amines is 1. The SMILES string of the molecule is CC(C)C[C@H]1NC(=O)[C@H](Cc2ccccc2)NC(=O)[C@H](Cc2c[nH]c3ccccc23)NC(=O)NC(=O)[C@H](C)NC1=O. The quantitative estimate of drug-likeness (QED) is 0.270. The third-order valence-corrected chi connectivity index (χ3v) is 6.97. The standard InChI is InChI=1S/C30H36N6O5/c1-17(2)13-23-27(38)32-18(3)26(37)36-30(41)35-25(15-20-16-31-22-12-8-7-11-21(20)22)29(40)34-24(28(39)33-23)14-19-9-5-4-6-10-19/h4-12,16-18,23-25,31H,13-15H2,1-3H3,(H,32,38)(H,33,39)(H,34,40)(H2,35,36,37,41)/t18-,23+,24-,25-/m0/s1. The van der Waals surface area contributed by atoms with E-state index in [0.29, 0.717) is 6.42 Å². The van der Waals surface area contributed by atoms with Crippen LogP contribution in [0.3, 0.4) is 0 Å². The molecule has 1 aliphatic heterocycles. The van der Waals surface area contributed by atoms with Gasteiger partial charge in [0.1, 0.15) is 24.2 Å². The molecule has 1 aliphatic rings. The molecule has 0 aliphatic carbocycles. The van der Waals surface area contributed by atoms with Gasteiger partial charge >= 0.3 is 6.03 Å². The molecule has 216 valence electrons. The maximum absolute atomic E-state index is 13.7. The minimum atomic E-state index is -1.12. The van der Waals surface area contributed by atoms with E-state index in [-0.39, 0.29) is 18.8 Å². The van der Waals surface area contributed by atoms with Crippen LogP contribution in [0.4, 0.5) is 4.79 Å². The number of hydrogen-bond donors (Lipinski definition) is 6. The molecule has 2 aromatic carbocycles. The second kappa shape index (κ2) is 13.1. The summed E-state index contributed by atoms with van der Waals surface area (Å²) in [5.41, 5.74) is 2.44. The van der Waals surface area contributed by atoms with Crippen LogP contribution in [0, 0.1) is 5.92 Å². The van der Waals surface area contributed by atoms with Crippen LogP contribution in [0.1, 0.15) is 38.3 Å². The van der Waals surface area contributed by atoms with Gasteiger partial charge in [-0.15, -0.1) is 0 Å². The molecule has 11 nitrogen and oxygen atoms in total. The fourth-order valence-electron chi connectivity index (χ4n) is 4.83. The highest BCUT2D eigenvalue weighted by molar-refractivity contribution is 6.01. The van der Waals surface area contributed by atoms with Crippen molar-refractivity contribution < 1.29 is 24.0 Å². The molecule has 6 amide bonds. The number of aromatic nitrogens is 1. The Labute approximate surface area is 238 Å². The molecule has 0 radical (unpaired) electrons. The zero-order valence-electron chi connectivity index (χ0n) is 23.3. The van der Waals surface area contributed by atoms with E-state index < -0.39 is 53.8 Å². The lowest BCUT2D eigenvalue weighted by Gasteiger charge is -2.27. The van der Waals surface area contributed by atoms with Gasteiger partial charge in [0.05, 0.1) is 0 Å². The van der Waals surface area contributed by atoms with Crippen molar-refractivity contribution in [3.05, 3.63) is 71.9 Å². The highest BCUT2D eigenvalue weighted by Crippen LogP contribution is 2.19. The zero-order chi connectivity index (χ0) is 29.5. The molecule has 6 N–H and O–H groups in total. The Kier molecular flexibility index (Phi) is 9.38. The van der Waals surface area contributed by atoms with Gasteiger partial charge in [-0.2, -0.15) is 0 Å². The molecule has 0 spiro atoms. The summed E-state index contributed by atoms with van der Waals surface area (Å²) in [6.07, 6.45) is 2.33. The molecule has 0 unspecified atom stereocenters. The Balaban J connectivity index is 1.68. The second-order valence-corrected chi connectivity index (χ2v) is 10.8. The number of rotatable bonds is 6. The maximum atomic E-state index is 13.7. The fourth-order valence-corrected chi connectivity index (χ4v) is 4.83. The molecule has 1 saturated heterocycles. The number of para-hydroxylation sites is 1. The van der Waals surface area contributed by atoms with Crippen LogP contribution < -0.4 is 26.6 Å². The number of imide groups is 1. The lowest BCUT2D eigenvalue weighted by Crippen LogP contribution is -2.61. The predicted octanol–water partition coefficient (Wildman–Crippen LogP) is 1.68. The topological polar surface area (TPSA) is 161 Å². The Bertz CT molecular complexity index is 1420. The number of hydrogen-bond acceptors (Lipinski definition) is 5. The highest BCUT2D eigenvalue weighted by Gasteiger charge is 2.33. The van der Waals surface area contributed by atoms with Gasteiger partial charge in [-0.05, 0) is 36.5 Å². The molecule has 0 saturated carbocycles. The summed E-state index contributed by atoms with van der Waals surface area (Å²) in [6.45, 7) is 5.25. The van der Waals surface area contributed by atoms with E-state index >= 15 is 0 Å². The van der Waals surface area contributed by atoms with Crippen molar-refractivity contribution >= 4 is 40.6 Å². The first-order valence-corrected chi connectivity index (χ1v) is 13.7. The van der Waals surface area contributed by atoms with Gasteiger partial charge < -0.3 is 26.3 Å². The first-order valence-electron chi connectivity index (χ1n) is 13.7. The van der Waals surface area contributed by atoms with Crippen LogP contribution in [-0.2, 0) is 32.0 Å². The average molecular weight is 561 g/mol. The van der Waals surface area contributed by atoms with E-state index in [1.165, 1.54) is 6.92 Å². The van der Waals surface area contributed by atoms with Crippen molar-refractivity contribution in [2.45, 2.75) is 64.2 Å². The van der Waals surface area contributed by atoms with Gasteiger partial charge in [-0.3, -0.25) is 24.5 Å². The second-order valence-electron chi connectivity index (χ2n) is 10.8. The van der Waals surface area contributed by atoms with Gasteiger partial charge in [0.15, 0.2) is 0 Å². The Morgan fingerprint density at radius 2 is 1.29 bits per heavy atom. The molecule has 41 heavy (non-hydrogen) atoms. The summed E-state index contributed by atoms with van der Waals surface area (Å²) in [7, 11) is 0. The molecule has 4 atom stereocenters. The average Bonchev–Trinajstić information content (AvgIpc) is 3.34. The number of nitrogens with one attached hydrogen (secondary N) is 6. The van der Waals surface area contributed by atoms with Crippen molar-refractivity contribution in [2.75, 3.05) is 0 Å². The van der Waals surface area contributed by atoms with Gasteiger partial charge in [0.2, 0.25) is 23.6 Å². The molecule has 2 heterocycles. The largest absolute Gasteiger partial charge is 0.361 e. The molecule has 1 fully saturated rings. The van der Waals surface area contributed by atoms with Crippen molar-refractivity contribution in [2.24, 2.45) is 5.92 Å². The number of H-pyrrole nitrogens is 1. The van der Waals surface area contributed by atoms with E-state index in [1.807, 2.05) is 68.4 Å². The van der Waals surface area contributed by atoms with Crippen molar-refractivity contribution in [1.29, 1.82) is 0 Å². The van der Waals surface area contributed by atoms with Crippen LogP contribution in [0.5, 0.6) is 0 Å². The minimum Gasteiger partial charge on any atom is -0.361 e. The molecule has 4 rings (SSSR count). The number of fused-ring (bicyclic) bond motifs is 1. The summed E-state index contributed by atoms with van der Waals surface area (Å²) >= 11 is 0. The van der Waals surface area contributed by atoms with E-state index in [0.717, 1.165) is 22.0 Å². The first kappa shape index (κ1) is 29.3. The maximum Gasteiger partial charge on any atom is 0.322 e. The molecule has 3 aromatic rings. The first-order chi connectivity index (χ1) is 19.6. The highest BCUT2D eigenvalue weighted by atomic mass is 16.2. The molecule has 0 bridgehead atoms. The lowest BCUT2D eigenvalue weighted by atomic mass is 10.00. The summed E-state index contributed by atoms with van der Waals surface area (Å²) in [4.78, 5) is 69.1. The third-order valence-electron chi connectivity index (χ3n) is 6.97. The van der Waals surface area contributed by atoms with Crippen LogP contribution in [-0.4, -0.2) is 58.8 Å². The predicted molar refractivity (Wildman–Crippen MR) is 154 cm³/mol. The smallest absolute Gasteiger partial charge is 0.322 e. The lowest BCUT2D eigenvalue weighted by molar-refractivity contribution is -0.134. The van der Waals surface area contributed by atoms with Crippen molar-refractivity contribution in [3.63, 3.8) is 0 Å². The van der Waals surface area contributed by atoms with Crippen LogP contribution in [0.25, 0.3) is 10.9 Å². The zero-order valence-corrected chi connectivity index (χ0v) is 23.3.